The summed E-state index contributed by atoms with van der Waals surface area (Å²) in [6.07, 6.45) is 5.68. The van der Waals surface area contributed by atoms with E-state index >= 15 is 0 Å². The number of aromatic nitrogens is 5. The van der Waals surface area contributed by atoms with Crippen LogP contribution in [0.1, 0.15) is 16.8 Å². The summed E-state index contributed by atoms with van der Waals surface area (Å²) in [4.78, 5) is 0. The van der Waals surface area contributed by atoms with Crippen molar-refractivity contribution in [1.29, 1.82) is 0 Å². The minimum atomic E-state index is 0. The standard InChI is InChI=1S/C20H20N6.2ClH/c21-10-16-11-22-25(12-16)14-19-15-26(24-23-19)13-18-8-4-5-9-20(18)17-6-2-1-3-7-17;;/h1-9,11-12,15H,10,13-14,21H2;2*1H. The van der Waals surface area contributed by atoms with Crippen LogP contribution in [0.15, 0.2) is 73.2 Å². The zero-order valence-corrected chi connectivity index (χ0v) is 16.8. The lowest BCUT2D eigenvalue weighted by Gasteiger charge is -2.09. The highest BCUT2D eigenvalue weighted by Crippen LogP contribution is 2.23. The van der Waals surface area contributed by atoms with Gasteiger partial charge in [0.15, 0.2) is 0 Å². The van der Waals surface area contributed by atoms with Gasteiger partial charge in [-0.3, -0.25) is 4.68 Å². The molecule has 6 nitrogen and oxygen atoms in total. The highest BCUT2D eigenvalue weighted by molar-refractivity contribution is 5.85. The molecule has 0 saturated heterocycles. The first-order valence-corrected chi connectivity index (χ1v) is 8.55. The van der Waals surface area contributed by atoms with Crippen molar-refractivity contribution in [1.82, 2.24) is 24.8 Å². The van der Waals surface area contributed by atoms with Gasteiger partial charge in [-0.15, -0.1) is 29.9 Å². The number of rotatable bonds is 6. The third-order valence-electron chi connectivity index (χ3n) is 4.27. The van der Waals surface area contributed by atoms with Crippen LogP contribution >= 0.6 is 24.8 Å². The summed E-state index contributed by atoms with van der Waals surface area (Å²) >= 11 is 0. The van der Waals surface area contributed by atoms with E-state index in [2.05, 4.69) is 63.9 Å². The Bertz CT molecular complexity index is 997. The Balaban J connectivity index is 0.00000140. The number of nitrogens with two attached hydrogens (primary N) is 1. The molecule has 4 rings (SSSR count). The maximum absolute atomic E-state index is 5.62. The van der Waals surface area contributed by atoms with Gasteiger partial charge in [-0.05, 0) is 16.7 Å². The van der Waals surface area contributed by atoms with Crippen molar-refractivity contribution in [3.63, 3.8) is 0 Å². The third kappa shape index (κ3) is 4.98. The highest BCUT2D eigenvalue weighted by Gasteiger charge is 2.08. The van der Waals surface area contributed by atoms with Gasteiger partial charge in [-0.1, -0.05) is 59.8 Å². The first-order valence-electron chi connectivity index (χ1n) is 8.55. The summed E-state index contributed by atoms with van der Waals surface area (Å²) in [6.45, 7) is 1.74. The number of hydrogen-bond acceptors (Lipinski definition) is 4. The molecule has 0 atom stereocenters. The summed E-state index contributed by atoms with van der Waals surface area (Å²) in [5.41, 5.74) is 11.1. The zero-order chi connectivity index (χ0) is 17.8. The molecule has 2 N–H and O–H groups in total. The predicted molar refractivity (Wildman–Crippen MR) is 115 cm³/mol. The Hall–Kier alpha value is -2.67. The Morgan fingerprint density at radius 3 is 2.32 bits per heavy atom. The summed E-state index contributed by atoms with van der Waals surface area (Å²) in [6, 6.07) is 18.8. The summed E-state index contributed by atoms with van der Waals surface area (Å²) in [5, 5.41) is 12.8. The first kappa shape index (κ1) is 21.6. The molecule has 2 aromatic carbocycles. The van der Waals surface area contributed by atoms with E-state index in [0.717, 1.165) is 11.3 Å². The molecule has 0 bridgehead atoms. The molecule has 4 aromatic rings. The molecule has 2 aromatic heterocycles. The van der Waals surface area contributed by atoms with Crippen molar-refractivity contribution < 1.29 is 0 Å². The predicted octanol–water partition coefficient (Wildman–Crippen LogP) is 3.54. The number of benzene rings is 2. The molecular weight excluding hydrogens is 395 g/mol. The van der Waals surface area contributed by atoms with E-state index in [1.807, 2.05) is 27.8 Å². The van der Waals surface area contributed by atoms with Crippen molar-refractivity contribution in [2.24, 2.45) is 5.73 Å². The van der Waals surface area contributed by atoms with Crippen LogP contribution in [0.2, 0.25) is 0 Å². The topological polar surface area (TPSA) is 74.5 Å². The molecular formula is C20H22Cl2N6. The Morgan fingerprint density at radius 1 is 0.821 bits per heavy atom. The Labute approximate surface area is 176 Å². The van der Waals surface area contributed by atoms with Crippen LogP contribution in [0.4, 0.5) is 0 Å². The fourth-order valence-electron chi connectivity index (χ4n) is 2.98. The van der Waals surface area contributed by atoms with Crippen molar-refractivity contribution in [3.05, 3.63) is 90.0 Å². The van der Waals surface area contributed by atoms with Crippen LogP contribution in [0.25, 0.3) is 11.1 Å². The average Bonchev–Trinajstić information content (AvgIpc) is 3.32. The molecule has 0 unspecified atom stereocenters. The average molecular weight is 417 g/mol. The van der Waals surface area contributed by atoms with E-state index in [1.54, 1.807) is 6.20 Å². The maximum Gasteiger partial charge on any atom is 0.104 e. The lowest BCUT2D eigenvalue weighted by Crippen LogP contribution is -2.02. The quantitative estimate of drug-likeness (QED) is 0.521. The SMILES string of the molecule is Cl.Cl.NCc1cnn(Cc2cn(Cc3ccccc3-c3ccccc3)nn2)c1. The number of halogens is 2. The molecule has 0 aliphatic heterocycles. The van der Waals surface area contributed by atoms with Crippen molar-refractivity contribution >= 4 is 24.8 Å². The molecule has 2 heterocycles. The Morgan fingerprint density at radius 2 is 1.57 bits per heavy atom. The monoisotopic (exact) mass is 416 g/mol. The smallest absolute Gasteiger partial charge is 0.104 e. The fraction of sp³-hybridized carbons (Fsp3) is 0.150. The van der Waals surface area contributed by atoms with Crippen molar-refractivity contribution in [2.75, 3.05) is 0 Å². The second kappa shape index (κ2) is 10.0. The fourth-order valence-corrected chi connectivity index (χ4v) is 2.98. The second-order valence-corrected chi connectivity index (χ2v) is 6.18. The van der Waals surface area contributed by atoms with Gasteiger partial charge in [-0.2, -0.15) is 5.10 Å². The van der Waals surface area contributed by atoms with Crippen LogP contribution in [0, 0.1) is 0 Å². The molecule has 0 aliphatic rings. The minimum Gasteiger partial charge on any atom is -0.326 e. The van der Waals surface area contributed by atoms with Crippen LogP contribution < -0.4 is 5.73 Å². The van der Waals surface area contributed by atoms with Gasteiger partial charge in [0, 0.05) is 18.3 Å². The minimum absolute atomic E-state index is 0. The normalized spacial score (nSPS) is 10.2. The van der Waals surface area contributed by atoms with Gasteiger partial charge in [0.05, 0.1) is 25.5 Å². The number of nitrogens with zero attached hydrogens (tertiary/aromatic N) is 5. The second-order valence-electron chi connectivity index (χ2n) is 6.18. The Kier molecular flexibility index (Phi) is 7.75. The lowest BCUT2D eigenvalue weighted by atomic mass is 10.00. The van der Waals surface area contributed by atoms with Crippen molar-refractivity contribution in [2.45, 2.75) is 19.6 Å². The summed E-state index contributed by atoms with van der Waals surface area (Å²) in [7, 11) is 0. The highest BCUT2D eigenvalue weighted by atomic mass is 35.5. The van der Waals surface area contributed by atoms with E-state index in [4.69, 9.17) is 5.73 Å². The van der Waals surface area contributed by atoms with Gasteiger partial charge in [0.2, 0.25) is 0 Å². The van der Waals surface area contributed by atoms with Crippen LogP contribution in [0.5, 0.6) is 0 Å². The van der Waals surface area contributed by atoms with Gasteiger partial charge < -0.3 is 5.73 Å². The van der Waals surface area contributed by atoms with Gasteiger partial charge >= 0.3 is 0 Å². The van der Waals surface area contributed by atoms with Gasteiger partial charge in [0.25, 0.3) is 0 Å². The zero-order valence-electron chi connectivity index (χ0n) is 15.2. The van der Waals surface area contributed by atoms with E-state index in [0.29, 0.717) is 19.6 Å². The summed E-state index contributed by atoms with van der Waals surface area (Å²) < 4.78 is 3.69. The van der Waals surface area contributed by atoms with Crippen LogP contribution in [-0.4, -0.2) is 24.8 Å². The molecule has 0 spiro atoms. The third-order valence-corrected chi connectivity index (χ3v) is 4.27. The lowest BCUT2D eigenvalue weighted by molar-refractivity contribution is 0.646. The van der Waals surface area contributed by atoms with E-state index in [-0.39, 0.29) is 24.8 Å². The molecule has 146 valence electrons. The first-order chi connectivity index (χ1) is 12.8. The van der Waals surface area contributed by atoms with E-state index in [1.165, 1.54) is 16.7 Å². The van der Waals surface area contributed by atoms with Gasteiger partial charge in [-0.25, -0.2) is 4.68 Å². The van der Waals surface area contributed by atoms with E-state index < -0.39 is 0 Å². The van der Waals surface area contributed by atoms with E-state index in [9.17, 15) is 0 Å². The van der Waals surface area contributed by atoms with Crippen molar-refractivity contribution in [3.8, 4) is 11.1 Å². The van der Waals surface area contributed by atoms with Gasteiger partial charge in [0.1, 0.15) is 5.69 Å². The maximum atomic E-state index is 5.62. The molecule has 0 fully saturated rings. The van der Waals surface area contributed by atoms with Crippen LogP contribution in [0.3, 0.4) is 0 Å². The molecule has 0 aliphatic carbocycles. The largest absolute Gasteiger partial charge is 0.326 e. The molecule has 8 heteroatoms. The summed E-state index contributed by atoms with van der Waals surface area (Å²) in [5.74, 6) is 0. The number of hydrogen-bond donors (Lipinski definition) is 1. The molecule has 28 heavy (non-hydrogen) atoms. The molecule has 0 radical (unpaired) electrons. The molecule has 0 saturated carbocycles. The van der Waals surface area contributed by atoms with Crippen LogP contribution in [-0.2, 0) is 19.6 Å². The molecule has 0 amide bonds.